The number of benzene rings is 1. The van der Waals surface area contributed by atoms with Crippen LogP contribution in [-0.4, -0.2) is 30.8 Å². The third-order valence-corrected chi connectivity index (χ3v) is 5.53. The molecular formula is C14H14FNO4S. The summed E-state index contributed by atoms with van der Waals surface area (Å²) in [5, 5.41) is 8.60. The van der Waals surface area contributed by atoms with E-state index in [9.17, 15) is 17.6 Å². The zero-order chi connectivity index (χ0) is 15.8. The summed E-state index contributed by atoms with van der Waals surface area (Å²) in [5.41, 5.74) is 0.0429. The first-order chi connectivity index (χ1) is 9.73. The Hall–Kier alpha value is -1.91. The molecule has 21 heavy (non-hydrogen) atoms. The lowest BCUT2D eigenvalue weighted by atomic mass is 10.1. The van der Waals surface area contributed by atoms with Gasteiger partial charge in [-0.2, -0.15) is 0 Å². The zero-order valence-corrected chi connectivity index (χ0v) is 12.4. The molecule has 2 rings (SSSR count). The smallest absolute Gasteiger partial charge is 0.263 e. The summed E-state index contributed by atoms with van der Waals surface area (Å²) in [7, 11) is -3.88. The summed E-state index contributed by atoms with van der Waals surface area (Å²) in [4.78, 5) is 11.9. The third kappa shape index (κ3) is 2.30. The maximum Gasteiger partial charge on any atom is 0.263 e. The van der Waals surface area contributed by atoms with Crippen LogP contribution in [0.2, 0.25) is 0 Å². The molecule has 0 bridgehead atoms. The molecule has 1 aromatic carbocycles. The number of halogens is 1. The molecular weight excluding hydrogens is 297 g/mol. The van der Waals surface area contributed by atoms with Gasteiger partial charge in [-0.05, 0) is 32.0 Å². The van der Waals surface area contributed by atoms with Gasteiger partial charge in [-0.15, -0.1) is 0 Å². The highest BCUT2D eigenvalue weighted by Gasteiger charge is 2.61. The van der Waals surface area contributed by atoms with Gasteiger partial charge in [0, 0.05) is 12.0 Å². The van der Waals surface area contributed by atoms with E-state index in [0.717, 1.165) is 6.07 Å². The number of carbonyl (C=O) groups excluding carboxylic acids is 1. The Kier molecular flexibility index (Phi) is 3.78. The van der Waals surface area contributed by atoms with Crippen LogP contribution in [0.25, 0.3) is 0 Å². The van der Waals surface area contributed by atoms with Crippen LogP contribution in [0, 0.1) is 17.7 Å². The predicted octanol–water partition coefficient (Wildman–Crippen LogP) is 1.01. The second-order valence-electron chi connectivity index (χ2n) is 5.03. The standard InChI is InChI=1S/C14H14FNO4S/c1-14(2)13(18)16(21(14,19)20)12-7-6-10(9-11(12)15)5-3-4-8-17/h6-7,9,17H,4,8H2,1-2H3. The number of carbonyl (C=O) groups is 1. The van der Waals surface area contributed by atoms with Crippen molar-refractivity contribution in [2.24, 2.45) is 0 Å². The second kappa shape index (κ2) is 5.13. The van der Waals surface area contributed by atoms with Gasteiger partial charge >= 0.3 is 0 Å². The molecule has 0 aliphatic carbocycles. The van der Waals surface area contributed by atoms with Crippen LogP contribution >= 0.6 is 0 Å². The molecule has 1 aliphatic heterocycles. The van der Waals surface area contributed by atoms with Crippen molar-refractivity contribution in [3.8, 4) is 11.8 Å². The molecule has 1 heterocycles. The molecule has 0 saturated carbocycles. The summed E-state index contributed by atoms with van der Waals surface area (Å²) in [6, 6.07) is 3.70. The van der Waals surface area contributed by atoms with Crippen molar-refractivity contribution in [2.45, 2.75) is 25.0 Å². The minimum Gasteiger partial charge on any atom is -0.395 e. The molecule has 0 aromatic heterocycles. The van der Waals surface area contributed by atoms with Gasteiger partial charge in [0.25, 0.3) is 15.9 Å². The number of aliphatic hydroxyl groups is 1. The van der Waals surface area contributed by atoms with E-state index in [-0.39, 0.29) is 18.7 Å². The molecule has 1 aliphatic rings. The van der Waals surface area contributed by atoms with Gasteiger partial charge in [0.05, 0.1) is 12.3 Å². The van der Waals surface area contributed by atoms with Crippen LogP contribution < -0.4 is 4.31 Å². The normalized spacial score (nSPS) is 18.7. The molecule has 5 nitrogen and oxygen atoms in total. The Morgan fingerprint density at radius 2 is 2.05 bits per heavy atom. The molecule has 0 spiro atoms. The number of amides is 1. The number of anilines is 1. The molecule has 1 saturated heterocycles. The fraction of sp³-hybridized carbons (Fsp3) is 0.357. The lowest BCUT2D eigenvalue weighted by Crippen LogP contribution is -2.67. The van der Waals surface area contributed by atoms with Gasteiger partial charge in [-0.25, -0.2) is 17.1 Å². The Morgan fingerprint density at radius 3 is 2.57 bits per heavy atom. The lowest BCUT2D eigenvalue weighted by molar-refractivity contribution is -0.120. The van der Waals surface area contributed by atoms with Crippen LogP contribution in [0.15, 0.2) is 18.2 Å². The van der Waals surface area contributed by atoms with Gasteiger partial charge < -0.3 is 5.11 Å². The first-order valence-corrected chi connectivity index (χ1v) is 7.66. The van der Waals surface area contributed by atoms with Crippen molar-refractivity contribution < 1.29 is 22.7 Å². The van der Waals surface area contributed by atoms with Gasteiger partial charge in [0.15, 0.2) is 4.75 Å². The van der Waals surface area contributed by atoms with Gasteiger partial charge in [-0.1, -0.05) is 11.8 Å². The molecule has 1 amide bonds. The summed E-state index contributed by atoms with van der Waals surface area (Å²) in [5.74, 6) is 3.76. The van der Waals surface area contributed by atoms with Crippen molar-refractivity contribution in [1.82, 2.24) is 0 Å². The molecule has 1 aromatic rings. The second-order valence-corrected chi connectivity index (χ2v) is 7.36. The maximum absolute atomic E-state index is 14.0. The van der Waals surface area contributed by atoms with E-state index in [1.807, 2.05) is 0 Å². The number of hydrogen-bond acceptors (Lipinski definition) is 4. The fourth-order valence-corrected chi connectivity index (χ4v) is 3.35. The third-order valence-electron chi connectivity index (χ3n) is 3.22. The highest BCUT2D eigenvalue weighted by atomic mass is 32.2. The highest BCUT2D eigenvalue weighted by molar-refractivity contribution is 7.98. The average molecular weight is 311 g/mol. The molecule has 0 unspecified atom stereocenters. The van der Waals surface area contributed by atoms with Crippen LogP contribution in [0.3, 0.4) is 0 Å². The Bertz CT molecular complexity index is 759. The summed E-state index contributed by atoms with van der Waals surface area (Å²) >= 11 is 0. The summed E-state index contributed by atoms with van der Waals surface area (Å²) < 4.78 is 37.0. The minimum atomic E-state index is -3.88. The average Bonchev–Trinajstić information content (AvgIpc) is 2.41. The van der Waals surface area contributed by atoms with Crippen molar-refractivity contribution in [3.05, 3.63) is 29.6 Å². The van der Waals surface area contributed by atoms with E-state index >= 15 is 0 Å². The maximum atomic E-state index is 14.0. The predicted molar refractivity (Wildman–Crippen MR) is 75.5 cm³/mol. The minimum absolute atomic E-state index is 0.0941. The van der Waals surface area contributed by atoms with E-state index in [0.29, 0.717) is 9.87 Å². The van der Waals surface area contributed by atoms with Crippen LogP contribution in [0.5, 0.6) is 0 Å². The Balaban J connectivity index is 2.36. The monoisotopic (exact) mass is 311 g/mol. The Labute approximate surface area is 122 Å². The molecule has 1 N–H and O–H groups in total. The zero-order valence-electron chi connectivity index (χ0n) is 11.6. The number of hydrogen-bond donors (Lipinski definition) is 1. The number of aliphatic hydroxyl groups excluding tert-OH is 1. The molecule has 7 heteroatoms. The van der Waals surface area contributed by atoms with E-state index in [4.69, 9.17) is 5.11 Å². The topological polar surface area (TPSA) is 74.7 Å². The number of nitrogens with zero attached hydrogens (tertiary/aromatic N) is 1. The molecule has 0 atom stereocenters. The molecule has 0 radical (unpaired) electrons. The molecule has 1 fully saturated rings. The molecule has 112 valence electrons. The largest absolute Gasteiger partial charge is 0.395 e. The van der Waals surface area contributed by atoms with Crippen molar-refractivity contribution in [2.75, 3.05) is 10.9 Å². The number of sulfonamides is 1. The summed E-state index contributed by atoms with van der Waals surface area (Å²) in [6.45, 7) is 2.48. The lowest BCUT2D eigenvalue weighted by Gasteiger charge is -2.42. The number of rotatable bonds is 2. The van der Waals surface area contributed by atoms with Crippen molar-refractivity contribution in [3.63, 3.8) is 0 Å². The first-order valence-electron chi connectivity index (χ1n) is 6.22. The first kappa shape index (κ1) is 15.5. The highest BCUT2D eigenvalue weighted by Crippen LogP contribution is 2.40. The van der Waals surface area contributed by atoms with E-state index in [1.54, 1.807) is 0 Å². The van der Waals surface area contributed by atoms with Crippen LogP contribution in [-0.2, 0) is 14.8 Å². The van der Waals surface area contributed by atoms with Gasteiger partial charge in [-0.3, -0.25) is 4.79 Å². The Morgan fingerprint density at radius 1 is 1.38 bits per heavy atom. The summed E-state index contributed by atoms with van der Waals surface area (Å²) in [6.07, 6.45) is 0.260. The fourth-order valence-electron chi connectivity index (χ4n) is 1.86. The van der Waals surface area contributed by atoms with Crippen molar-refractivity contribution >= 4 is 21.6 Å². The van der Waals surface area contributed by atoms with E-state index in [1.165, 1.54) is 26.0 Å². The van der Waals surface area contributed by atoms with Crippen molar-refractivity contribution in [1.29, 1.82) is 0 Å². The van der Waals surface area contributed by atoms with Crippen LogP contribution in [0.1, 0.15) is 25.8 Å². The van der Waals surface area contributed by atoms with E-state index < -0.39 is 26.5 Å². The quantitative estimate of drug-likeness (QED) is 0.827. The van der Waals surface area contributed by atoms with Crippen LogP contribution in [0.4, 0.5) is 10.1 Å². The SMILES string of the molecule is CC1(C)C(=O)N(c2ccc(C#CCCO)cc2F)S1(=O)=O. The van der Waals surface area contributed by atoms with Gasteiger partial charge in [0.1, 0.15) is 5.82 Å². The van der Waals surface area contributed by atoms with Gasteiger partial charge in [0.2, 0.25) is 0 Å². The van der Waals surface area contributed by atoms with E-state index in [2.05, 4.69) is 11.8 Å².